The maximum Gasteiger partial charge on any atom is 0.255 e. The lowest BCUT2D eigenvalue weighted by Crippen LogP contribution is -2.57. The Morgan fingerprint density at radius 3 is 2.07 bits per heavy atom. The molecule has 2 aromatic carbocycles. The van der Waals surface area contributed by atoms with Crippen LogP contribution in [0.2, 0.25) is 0 Å². The van der Waals surface area contributed by atoms with Crippen LogP contribution in [0.25, 0.3) is 0 Å². The fraction of sp³-hybridized carbons (Fsp3) is 0.227. The zero-order chi connectivity index (χ0) is 21.0. The maximum absolute atomic E-state index is 13.4. The van der Waals surface area contributed by atoms with Crippen molar-refractivity contribution in [3.8, 4) is 0 Å². The highest BCUT2D eigenvalue weighted by Crippen LogP contribution is 2.30. The summed E-state index contributed by atoms with van der Waals surface area (Å²) in [6.07, 6.45) is 1.09. The van der Waals surface area contributed by atoms with Gasteiger partial charge >= 0.3 is 0 Å². The maximum atomic E-state index is 13.4. The highest BCUT2D eigenvalue weighted by Gasteiger charge is 2.43. The first-order valence-electron chi connectivity index (χ1n) is 9.65. The molecule has 30 heavy (non-hydrogen) atoms. The lowest BCUT2D eigenvalue weighted by atomic mass is 10.0. The summed E-state index contributed by atoms with van der Waals surface area (Å²) in [7, 11) is 0. The molecule has 3 heterocycles. The third-order valence-electron chi connectivity index (χ3n) is 5.87. The van der Waals surface area contributed by atoms with E-state index in [9.17, 15) is 9.59 Å². The fourth-order valence-electron chi connectivity index (χ4n) is 4.30. The number of likely N-dealkylation sites (tertiary alicyclic amines) is 1. The van der Waals surface area contributed by atoms with Crippen molar-refractivity contribution in [1.29, 1.82) is 0 Å². The summed E-state index contributed by atoms with van der Waals surface area (Å²) in [6.45, 7) is 0.619. The lowest BCUT2D eigenvalue weighted by Gasteiger charge is -2.38. The van der Waals surface area contributed by atoms with Crippen LogP contribution in [0, 0.1) is 0 Å². The van der Waals surface area contributed by atoms with Gasteiger partial charge in [-0.2, -0.15) is 0 Å². The summed E-state index contributed by atoms with van der Waals surface area (Å²) >= 11 is 16.7. The smallest absolute Gasteiger partial charge is 0.255 e. The molecule has 3 aliphatic heterocycles. The largest absolute Gasteiger partial charge is 0.322 e. The first kappa shape index (κ1) is 19.4. The van der Waals surface area contributed by atoms with Crippen LogP contribution in [0.15, 0.2) is 48.5 Å². The monoisotopic (exact) mass is 451 g/mol. The van der Waals surface area contributed by atoms with E-state index in [-0.39, 0.29) is 18.5 Å². The number of fused-ring (bicyclic) bond motifs is 2. The minimum Gasteiger partial charge on any atom is -0.322 e. The summed E-state index contributed by atoms with van der Waals surface area (Å²) in [6, 6.07) is 14.7. The third-order valence-corrected chi connectivity index (χ3v) is 7.18. The first-order valence-corrected chi connectivity index (χ1v) is 10.9. The van der Waals surface area contributed by atoms with Crippen LogP contribution < -0.4 is 0 Å². The van der Waals surface area contributed by atoms with Gasteiger partial charge in [0, 0.05) is 29.7 Å². The number of piperidine rings is 1. The molecule has 0 aliphatic carbocycles. The number of rotatable bonds is 3. The van der Waals surface area contributed by atoms with Crippen LogP contribution in [0.1, 0.15) is 39.9 Å². The molecule has 1 fully saturated rings. The van der Waals surface area contributed by atoms with Crippen molar-refractivity contribution in [2.24, 2.45) is 0 Å². The topological polar surface area (TPSA) is 43.9 Å². The molecule has 5 nitrogen and oxygen atoms in total. The van der Waals surface area contributed by atoms with Crippen LogP contribution >= 0.6 is 36.7 Å². The van der Waals surface area contributed by atoms with E-state index in [1.54, 1.807) is 14.7 Å². The highest BCUT2D eigenvalue weighted by atomic mass is 32.1. The number of carbonyl (C=O) groups excluding carboxylic acids is 2. The Labute approximate surface area is 190 Å². The molecule has 2 amide bonds. The van der Waals surface area contributed by atoms with Gasteiger partial charge in [0.15, 0.2) is 0 Å². The fourth-order valence-corrected chi connectivity index (χ4v) is 5.27. The molecule has 0 radical (unpaired) electrons. The van der Waals surface area contributed by atoms with Gasteiger partial charge in [0.05, 0.1) is 4.99 Å². The summed E-state index contributed by atoms with van der Waals surface area (Å²) < 4.78 is 0. The number of amides is 2. The van der Waals surface area contributed by atoms with E-state index in [4.69, 9.17) is 36.7 Å². The molecular formula is C22H17N3O2S3. The van der Waals surface area contributed by atoms with Gasteiger partial charge in [0.2, 0.25) is 0 Å². The summed E-state index contributed by atoms with van der Waals surface area (Å²) in [4.78, 5) is 33.1. The normalized spacial score (nSPS) is 20.9. The number of hydrogen-bond acceptors (Lipinski definition) is 5. The Balaban J connectivity index is 1.39. The average molecular weight is 452 g/mol. The van der Waals surface area contributed by atoms with Crippen molar-refractivity contribution >= 4 is 63.4 Å². The van der Waals surface area contributed by atoms with Crippen LogP contribution in [0.4, 0.5) is 0 Å². The second-order valence-corrected chi connectivity index (χ2v) is 8.77. The molecule has 8 heteroatoms. The number of nitrogens with zero attached hydrogens (tertiary/aromatic N) is 3. The Bertz CT molecular complexity index is 1110. The number of hydrogen-bond donors (Lipinski definition) is 0. The summed E-state index contributed by atoms with van der Waals surface area (Å²) in [5.74, 6) is -0.273. The van der Waals surface area contributed by atoms with E-state index in [1.165, 1.54) is 0 Å². The van der Waals surface area contributed by atoms with Crippen LogP contribution in [-0.2, 0) is 11.3 Å². The van der Waals surface area contributed by atoms with E-state index >= 15 is 0 Å². The molecule has 1 atom stereocenters. The quantitative estimate of drug-likeness (QED) is 0.668. The standard InChI is InChI=1S/C22H17N3O2S3/c26-19-14-6-2-1-5-13(14)11-23(19)17-9-10-18(28)24(20(17)27)12-25-21(29)15-7-3-4-8-16(15)22(25)30/h1-8,17H,9-12H2. The Morgan fingerprint density at radius 1 is 0.833 bits per heavy atom. The number of thiocarbonyl (C=S) groups is 3. The lowest BCUT2D eigenvalue weighted by molar-refractivity contribution is -0.134. The molecule has 0 saturated carbocycles. The predicted molar refractivity (Wildman–Crippen MR) is 125 cm³/mol. The van der Waals surface area contributed by atoms with Gasteiger partial charge < -0.3 is 9.80 Å². The zero-order valence-corrected chi connectivity index (χ0v) is 18.4. The molecule has 1 saturated heterocycles. The van der Waals surface area contributed by atoms with E-state index in [2.05, 4.69) is 0 Å². The van der Waals surface area contributed by atoms with E-state index in [0.717, 1.165) is 16.7 Å². The second-order valence-electron chi connectivity index (χ2n) is 7.53. The first-order chi connectivity index (χ1) is 14.5. The zero-order valence-electron chi connectivity index (χ0n) is 15.9. The molecule has 0 aromatic heterocycles. The van der Waals surface area contributed by atoms with Gasteiger partial charge in [-0.1, -0.05) is 79.1 Å². The van der Waals surface area contributed by atoms with Crippen molar-refractivity contribution in [3.63, 3.8) is 0 Å². The molecule has 2 aromatic rings. The third kappa shape index (κ3) is 2.90. The van der Waals surface area contributed by atoms with E-state index in [0.29, 0.717) is 39.9 Å². The Kier molecular flexibility index (Phi) is 4.72. The van der Waals surface area contributed by atoms with Crippen molar-refractivity contribution in [2.75, 3.05) is 6.67 Å². The van der Waals surface area contributed by atoms with Gasteiger partial charge in [-0.25, -0.2) is 0 Å². The minimum absolute atomic E-state index is 0.101. The highest BCUT2D eigenvalue weighted by molar-refractivity contribution is 7.82. The summed E-state index contributed by atoms with van der Waals surface area (Å²) in [5, 5.41) is 0. The molecule has 0 N–H and O–H groups in total. The molecule has 5 rings (SSSR count). The van der Waals surface area contributed by atoms with Crippen molar-refractivity contribution in [3.05, 3.63) is 70.8 Å². The van der Waals surface area contributed by atoms with Crippen LogP contribution in [-0.4, -0.2) is 54.2 Å². The van der Waals surface area contributed by atoms with Gasteiger partial charge in [0.1, 0.15) is 22.7 Å². The van der Waals surface area contributed by atoms with Crippen molar-refractivity contribution < 1.29 is 9.59 Å². The van der Waals surface area contributed by atoms with Gasteiger partial charge in [-0.15, -0.1) is 0 Å². The van der Waals surface area contributed by atoms with Crippen LogP contribution in [0.3, 0.4) is 0 Å². The number of benzene rings is 2. The molecule has 1 unspecified atom stereocenters. The molecular weight excluding hydrogens is 434 g/mol. The molecule has 0 bridgehead atoms. The minimum atomic E-state index is -0.538. The molecule has 150 valence electrons. The number of carbonyl (C=O) groups is 2. The van der Waals surface area contributed by atoms with Crippen molar-refractivity contribution in [2.45, 2.75) is 25.4 Å². The van der Waals surface area contributed by atoms with Crippen LogP contribution in [0.5, 0.6) is 0 Å². The Hall–Kier alpha value is -2.55. The Morgan fingerprint density at radius 2 is 1.43 bits per heavy atom. The summed E-state index contributed by atoms with van der Waals surface area (Å²) in [5.41, 5.74) is 3.42. The predicted octanol–water partition coefficient (Wildman–Crippen LogP) is 3.29. The average Bonchev–Trinajstić information content (AvgIpc) is 3.21. The van der Waals surface area contributed by atoms with E-state index < -0.39 is 6.04 Å². The molecule has 3 aliphatic rings. The van der Waals surface area contributed by atoms with Crippen molar-refractivity contribution in [1.82, 2.24) is 14.7 Å². The second kappa shape index (κ2) is 7.30. The van der Waals surface area contributed by atoms with E-state index in [1.807, 2.05) is 48.5 Å². The van der Waals surface area contributed by atoms with Gasteiger partial charge in [0.25, 0.3) is 11.8 Å². The van der Waals surface area contributed by atoms with Gasteiger partial charge in [-0.3, -0.25) is 14.5 Å². The van der Waals surface area contributed by atoms with Gasteiger partial charge in [-0.05, 0) is 18.1 Å². The molecule has 0 spiro atoms. The SMILES string of the molecule is O=C1C(N2Cc3ccccc3C2=O)CCC(=S)N1CN1C(=S)c2ccccc2C1=S.